The molecule has 0 aromatic carbocycles. The van der Waals surface area contributed by atoms with Crippen molar-refractivity contribution in [2.24, 2.45) is 0 Å². The van der Waals surface area contributed by atoms with Crippen molar-refractivity contribution in [3.8, 4) is 0 Å². The lowest BCUT2D eigenvalue weighted by Crippen LogP contribution is -2.22. The molecule has 1 aliphatic heterocycles. The van der Waals surface area contributed by atoms with Crippen molar-refractivity contribution >= 4 is 11.8 Å². The van der Waals surface area contributed by atoms with Gasteiger partial charge in [-0.15, -0.1) is 0 Å². The molecule has 0 amide bonds. The predicted octanol–water partition coefficient (Wildman–Crippen LogP) is 3.16. The van der Waals surface area contributed by atoms with Crippen molar-refractivity contribution in [1.29, 1.82) is 0 Å². The number of nitrogens with zero attached hydrogens (tertiary/aromatic N) is 3. The van der Waals surface area contributed by atoms with Crippen LogP contribution in [0.15, 0.2) is 0 Å². The van der Waals surface area contributed by atoms with Gasteiger partial charge >= 0.3 is 0 Å². The van der Waals surface area contributed by atoms with Crippen molar-refractivity contribution in [2.45, 2.75) is 52.9 Å². The maximum absolute atomic E-state index is 4.76. The summed E-state index contributed by atoms with van der Waals surface area (Å²) in [5.41, 5.74) is 2.49. The fourth-order valence-electron chi connectivity index (χ4n) is 2.65. The maximum atomic E-state index is 4.76. The van der Waals surface area contributed by atoms with Crippen molar-refractivity contribution in [3.63, 3.8) is 0 Å². The standard InChI is InChI=1S/C15H26N4/c1-4-6-9-13-12(3)17-15(16-5-2)18-14(13)19-10-7-8-11-19/h4-11H2,1-3H3,(H,16,17,18). The number of aromatic nitrogens is 2. The summed E-state index contributed by atoms with van der Waals surface area (Å²) in [4.78, 5) is 11.8. The fourth-order valence-corrected chi connectivity index (χ4v) is 2.65. The lowest BCUT2D eigenvalue weighted by atomic mass is 10.1. The number of hydrogen-bond donors (Lipinski definition) is 1. The third-order valence-corrected chi connectivity index (χ3v) is 3.71. The van der Waals surface area contributed by atoms with Gasteiger partial charge in [0.05, 0.1) is 0 Å². The minimum absolute atomic E-state index is 0.780. The van der Waals surface area contributed by atoms with E-state index in [0.717, 1.165) is 37.7 Å². The molecule has 1 aliphatic rings. The van der Waals surface area contributed by atoms with Gasteiger partial charge in [0.15, 0.2) is 0 Å². The summed E-state index contributed by atoms with van der Waals surface area (Å²) < 4.78 is 0. The zero-order valence-electron chi connectivity index (χ0n) is 12.5. The summed E-state index contributed by atoms with van der Waals surface area (Å²) in [5.74, 6) is 1.96. The molecular formula is C15H26N4. The lowest BCUT2D eigenvalue weighted by molar-refractivity contribution is 0.772. The molecular weight excluding hydrogens is 236 g/mol. The molecule has 2 heterocycles. The molecule has 1 aromatic heterocycles. The molecule has 0 spiro atoms. The molecule has 0 atom stereocenters. The van der Waals surface area contributed by atoms with E-state index in [1.54, 1.807) is 0 Å². The zero-order valence-corrected chi connectivity index (χ0v) is 12.5. The number of anilines is 2. The SMILES string of the molecule is CCCCc1c(C)nc(NCC)nc1N1CCCC1. The molecule has 1 N–H and O–H groups in total. The van der Waals surface area contributed by atoms with Gasteiger partial charge in [0.1, 0.15) is 5.82 Å². The highest BCUT2D eigenvalue weighted by Crippen LogP contribution is 2.27. The van der Waals surface area contributed by atoms with Gasteiger partial charge in [0, 0.05) is 30.9 Å². The maximum Gasteiger partial charge on any atom is 0.224 e. The predicted molar refractivity (Wildman–Crippen MR) is 81.0 cm³/mol. The Morgan fingerprint density at radius 2 is 1.89 bits per heavy atom. The van der Waals surface area contributed by atoms with E-state index in [0.29, 0.717) is 0 Å². The Morgan fingerprint density at radius 3 is 2.53 bits per heavy atom. The minimum Gasteiger partial charge on any atom is -0.356 e. The van der Waals surface area contributed by atoms with Crippen LogP contribution in [0.5, 0.6) is 0 Å². The van der Waals surface area contributed by atoms with Crippen molar-refractivity contribution < 1.29 is 0 Å². The second-order valence-electron chi connectivity index (χ2n) is 5.26. The van der Waals surface area contributed by atoms with Crippen LogP contribution in [0.3, 0.4) is 0 Å². The Morgan fingerprint density at radius 1 is 1.16 bits per heavy atom. The molecule has 0 aliphatic carbocycles. The summed E-state index contributed by atoms with van der Waals surface area (Å²) in [6.07, 6.45) is 6.10. The second-order valence-corrected chi connectivity index (χ2v) is 5.26. The first-order valence-corrected chi connectivity index (χ1v) is 7.62. The Kier molecular flexibility index (Phi) is 5.00. The molecule has 19 heavy (non-hydrogen) atoms. The van der Waals surface area contributed by atoms with Gasteiger partial charge in [-0.05, 0) is 39.5 Å². The Bertz CT molecular complexity index is 411. The smallest absolute Gasteiger partial charge is 0.224 e. The van der Waals surface area contributed by atoms with E-state index in [1.807, 2.05) is 0 Å². The van der Waals surface area contributed by atoms with Gasteiger partial charge < -0.3 is 10.2 Å². The monoisotopic (exact) mass is 262 g/mol. The Hall–Kier alpha value is -1.32. The largest absolute Gasteiger partial charge is 0.356 e. The quantitative estimate of drug-likeness (QED) is 0.855. The van der Waals surface area contributed by atoms with Crippen molar-refractivity contribution in [3.05, 3.63) is 11.3 Å². The molecule has 4 nitrogen and oxygen atoms in total. The van der Waals surface area contributed by atoms with Crippen LogP contribution in [-0.4, -0.2) is 29.6 Å². The molecule has 4 heteroatoms. The van der Waals surface area contributed by atoms with E-state index in [1.165, 1.54) is 37.1 Å². The number of rotatable bonds is 6. The Labute approximate surface area is 116 Å². The van der Waals surface area contributed by atoms with Crippen LogP contribution in [0.1, 0.15) is 50.8 Å². The molecule has 1 aromatic rings. The topological polar surface area (TPSA) is 41.1 Å². The van der Waals surface area contributed by atoms with E-state index in [4.69, 9.17) is 4.98 Å². The minimum atomic E-state index is 0.780. The molecule has 1 saturated heterocycles. The van der Waals surface area contributed by atoms with Crippen LogP contribution >= 0.6 is 0 Å². The highest BCUT2D eigenvalue weighted by molar-refractivity contribution is 5.53. The summed E-state index contributed by atoms with van der Waals surface area (Å²) in [6, 6.07) is 0. The van der Waals surface area contributed by atoms with Crippen LogP contribution in [0.4, 0.5) is 11.8 Å². The van der Waals surface area contributed by atoms with Crippen LogP contribution in [0, 0.1) is 6.92 Å². The van der Waals surface area contributed by atoms with E-state index in [2.05, 4.69) is 36.0 Å². The third-order valence-electron chi connectivity index (χ3n) is 3.71. The van der Waals surface area contributed by atoms with Crippen LogP contribution < -0.4 is 10.2 Å². The van der Waals surface area contributed by atoms with Gasteiger partial charge in [-0.3, -0.25) is 0 Å². The Balaban J connectivity index is 2.32. The first-order chi connectivity index (χ1) is 9.26. The molecule has 1 fully saturated rings. The van der Waals surface area contributed by atoms with Crippen LogP contribution in [0.25, 0.3) is 0 Å². The summed E-state index contributed by atoms with van der Waals surface area (Å²) in [6.45, 7) is 9.58. The number of nitrogens with one attached hydrogen (secondary N) is 1. The normalized spacial score (nSPS) is 15.0. The molecule has 0 bridgehead atoms. The molecule has 2 rings (SSSR count). The van der Waals surface area contributed by atoms with E-state index < -0.39 is 0 Å². The van der Waals surface area contributed by atoms with Crippen molar-refractivity contribution in [1.82, 2.24) is 9.97 Å². The first kappa shape index (κ1) is 14.1. The second kappa shape index (κ2) is 6.73. The van der Waals surface area contributed by atoms with Crippen LogP contribution in [0.2, 0.25) is 0 Å². The van der Waals surface area contributed by atoms with Crippen LogP contribution in [-0.2, 0) is 6.42 Å². The van der Waals surface area contributed by atoms with Gasteiger partial charge in [-0.25, -0.2) is 4.98 Å². The molecule has 0 saturated carbocycles. The highest BCUT2D eigenvalue weighted by Gasteiger charge is 2.20. The average Bonchev–Trinajstić information content (AvgIpc) is 2.91. The van der Waals surface area contributed by atoms with E-state index in [9.17, 15) is 0 Å². The number of unbranched alkanes of at least 4 members (excludes halogenated alkanes) is 1. The first-order valence-electron chi connectivity index (χ1n) is 7.62. The van der Waals surface area contributed by atoms with E-state index >= 15 is 0 Å². The summed E-state index contributed by atoms with van der Waals surface area (Å²) in [7, 11) is 0. The van der Waals surface area contributed by atoms with Gasteiger partial charge in [-0.2, -0.15) is 4.98 Å². The lowest BCUT2D eigenvalue weighted by Gasteiger charge is -2.22. The number of aryl methyl sites for hydroxylation is 1. The molecule has 106 valence electrons. The molecule has 0 unspecified atom stereocenters. The third kappa shape index (κ3) is 3.37. The highest BCUT2D eigenvalue weighted by atomic mass is 15.2. The summed E-state index contributed by atoms with van der Waals surface area (Å²) in [5, 5.41) is 3.25. The fraction of sp³-hybridized carbons (Fsp3) is 0.733. The van der Waals surface area contributed by atoms with Gasteiger partial charge in [0.2, 0.25) is 5.95 Å². The van der Waals surface area contributed by atoms with Gasteiger partial charge in [-0.1, -0.05) is 13.3 Å². The summed E-state index contributed by atoms with van der Waals surface area (Å²) >= 11 is 0. The van der Waals surface area contributed by atoms with E-state index in [-0.39, 0.29) is 0 Å². The molecule has 0 radical (unpaired) electrons. The van der Waals surface area contributed by atoms with Gasteiger partial charge in [0.25, 0.3) is 0 Å². The zero-order chi connectivity index (χ0) is 13.7. The average molecular weight is 262 g/mol. The number of hydrogen-bond acceptors (Lipinski definition) is 4. The van der Waals surface area contributed by atoms with Crippen molar-refractivity contribution in [2.75, 3.05) is 29.9 Å².